The summed E-state index contributed by atoms with van der Waals surface area (Å²) in [5.41, 5.74) is 0.867. The third-order valence-corrected chi connectivity index (χ3v) is 6.48. The van der Waals surface area contributed by atoms with E-state index in [2.05, 4.69) is 4.90 Å². The number of nitrogens with zero attached hydrogens (tertiary/aromatic N) is 2. The molecular weight excluding hydrogens is 432 g/mol. The van der Waals surface area contributed by atoms with Gasteiger partial charge in [-0.15, -0.1) is 0 Å². The molecule has 0 bridgehead atoms. The summed E-state index contributed by atoms with van der Waals surface area (Å²) >= 11 is 0. The molecule has 1 N–H and O–H groups in total. The summed E-state index contributed by atoms with van der Waals surface area (Å²) in [6, 6.07) is 6.65. The number of hydrogen-bond acceptors (Lipinski definition) is 4. The minimum Gasteiger partial charge on any atom is -0.475 e. The molecule has 1 unspecified atom stereocenters. The minimum atomic E-state index is -5.08. The Kier molecular flexibility index (Phi) is 7.76. The zero-order valence-corrected chi connectivity index (χ0v) is 17.7. The van der Waals surface area contributed by atoms with E-state index in [4.69, 9.17) is 14.6 Å². The van der Waals surface area contributed by atoms with Crippen LogP contribution in [0.3, 0.4) is 0 Å². The molecule has 1 aromatic carbocycles. The summed E-state index contributed by atoms with van der Waals surface area (Å²) in [6.07, 6.45) is -0.275. The van der Waals surface area contributed by atoms with Gasteiger partial charge in [0.1, 0.15) is 5.82 Å². The van der Waals surface area contributed by atoms with Crippen LogP contribution in [0.2, 0.25) is 0 Å². The molecule has 1 amide bonds. The largest absolute Gasteiger partial charge is 0.490 e. The van der Waals surface area contributed by atoms with Gasteiger partial charge in [-0.2, -0.15) is 13.2 Å². The van der Waals surface area contributed by atoms with Crippen LogP contribution in [0, 0.1) is 11.7 Å². The number of hydrogen-bond donors (Lipinski definition) is 1. The smallest absolute Gasteiger partial charge is 0.475 e. The Morgan fingerprint density at radius 3 is 2.47 bits per heavy atom. The number of carbonyl (C=O) groups is 2. The number of carboxylic acids is 1. The Hall–Kier alpha value is -2.20. The minimum absolute atomic E-state index is 0.0217. The number of ether oxygens (including phenoxy) is 1. The highest BCUT2D eigenvalue weighted by atomic mass is 19.4. The van der Waals surface area contributed by atoms with Crippen molar-refractivity contribution in [3.63, 3.8) is 0 Å². The summed E-state index contributed by atoms with van der Waals surface area (Å²) in [5.74, 6) is -2.09. The van der Waals surface area contributed by atoms with E-state index in [0.717, 1.165) is 57.7 Å². The third-order valence-electron chi connectivity index (χ3n) is 6.48. The molecule has 0 aliphatic carbocycles. The molecule has 3 aliphatic heterocycles. The number of aliphatic carboxylic acids is 1. The van der Waals surface area contributed by atoms with Crippen LogP contribution in [0.15, 0.2) is 24.3 Å². The van der Waals surface area contributed by atoms with Crippen molar-refractivity contribution in [1.82, 2.24) is 9.80 Å². The quantitative estimate of drug-likeness (QED) is 0.697. The Bertz CT molecular complexity index is 803. The number of piperidine rings is 1. The fourth-order valence-corrected chi connectivity index (χ4v) is 4.71. The summed E-state index contributed by atoms with van der Waals surface area (Å²) < 4.78 is 50.7. The molecule has 1 atom stereocenters. The summed E-state index contributed by atoms with van der Waals surface area (Å²) in [5, 5.41) is 7.12. The molecule has 0 saturated carbocycles. The van der Waals surface area contributed by atoms with Gasteiger partial charge >= 0.3 is 12.1 Å². The number of likely N-dealkylation sites (tertiary alicyclic amines) is 2. The van der Waals surface area contributed by atoms with Crippen molar-refractivity contribution in [1.29, 1.82) is 0 Å². The van der Waals surface area contributed by atoms with Crippen LogP contribution in [0.4, 0.5) is 17.6 Å². The summed E-state index contributed by atoms with van der Waals surface area (Å²) in [7, 11) is 0. The summed E-state index contributed by atoms with van der Waals surface area (Å²) in [6.45, 7) is 5.54. The van der Waals surface area contributed by atoms with Gasteiger partial charge in [0.15, 0.2) is 0 Å². The van der Waals surface area contributed by atoms with Gasteiger partial charge in [0, 0.05) is 44.7 Å². The molecule has 10 heteroatoms. The van der Waals surface area contributed by atoms with E-state index in [1.807, 2.05) is 11.0 Å². The second kappa shape index (κ2) is 10.2. The molecule has 0 radical (unpaired) electrons. The van der Waals surface area contributed by atoms with E-state index in [1.54, 1.807) is 12.1 Å². The predicted molar refractivity (Wildman–Crippen MR) is 107 cm³/mol. The predicted octanol–water partition coefficient (Wildman–Crippen LogP) is 3.45. The topological polar surface area (TPSA) is 70.1 Å². The first kappa shape index (κ1) is 24.4. The van der Waals surface area contributed by atoms with Crippen LogP contribution in [-0.4, -0.2) is 71.3 Å². The highest BCUT2D eigenvalue weighted by molar-refractivity contribution is 5.79. The molecular formula is C22H28F4N2O4. The van der Waals surface area contributed by atoms with Crippen molar-refractivity contribution in [2.75, 3.05) is 32.8 Å². The highest BCUT2D eigenvalue weighted by Crippen LogP contribution is 2.40. The Labute approximate surface area is 184 Å². The van der Waals surface area contributed by atoms with E-state index in [1.165, 1.54) is 12.5 Å². The maximum absolute atomic E-state index is 13.5. The number of benzene rings is 1. The molecule has 1 spiro atoms. The average Bonchev–Trinajstić information content (AvgIpc) is 3.34. The third kappa shape index (κ3) is 6.19. The first-order valence-electron chi connectivity index (χ1n) is 10.7. The fraction of sp³-hybridized carbons (Fsp3) is 0.636. The molecule has 6 nitrogen and oxygen atoms in total. The van der Waals surface area contributed by atoms with Gasteiger partial charge in [-0.05, 0) is 49.3 Å². The standard InChI is InChI=1S/C20H27FN2O2.C2HF3O2/c21-18-3-1-2-16(12-18)14-23-19(24)4-6-20(23)7-9-22(10-8-20)13-17-5-11-25-15-17;3-2(4,5)1(6)7/h1-3,12,17H,4-11,13-15H2;(H,6,7). The monoisotopic (exact) mass is 460 g/mol. The van der Waals surface area contributed by atoms with Crippen molar-refractivity contribution < 1.29 is 37.0 Å². The number of halogens is 4. The van der Waals surface area contributed by atoms with E-state index in [0.29, 0.717) is 18.9 Å². The maximum Gasteiger partial charge on any atom is 0.490 e. The number of amides is 1. The van der Waals surface area contributed by atoms with Crippen LogP contribution in [0.25, 0.3) is 0 Å². The lowest BCUT2D eigenvalue weighted by Gasteiger charge is -2.45. The lowest BCUT2D eigenvalue weighted by Crippen LogP contribution is -2.53. The Morgan fingerprint density at radius 2 is 1.91 bits per heavy atom. The molecule has 4 rings (SSSR count). The molecule has 3 saturated heterocycles. The first-order chi connectivity index (χ1) is 15.1. The zero-order valence-electron chi connectivity index (χ0n) is 17.7. The molecule has 3 heterocycles. The Morgan fingerprint density at radius 1 is 1.22 bits per heavy atom. The van der Waals surface area contributed by atoms with Crippen LogP contribution >= 0.6 is 0 Å². The number of carboxylic acid groups (broad SMARTS) is 1. The van der Waals surface area contributed by atoms with Crippen molar-refractivity contribution in [3.8, 4) is 0 Å². The van der Waals surface area contributed by atoms with Crippen LogP contribution in [0.5, 0.6) is 0 Å². The van der Waals surface area contributed by atoms with Crippen LogP contribution in [0.1, 0.15) is 37.7 Å². The van der Waals surface area contributed by atoms with Gasteiger partial charge < -0.3 is 19.6 Å². The normalized spacial score (nSPS) is 23.3. The SMILES string of the molecule is O=C(O)C(F)(F)F.O=C1CCC2(CCN(CC3CCOC3)CC2)N1Cc1cccc(F)c1. The second-order valence-corrected chi connectivity index (χ2v) is 8.67. The van der Waals surface area contributed by atoms with Gasteiger partial charge in [-0.3, -0.25) is 4.79 Å². The highest BCUT2D eigenvalue weighted by Gasteiger charge is 2.46. The van der Waals surface area contributed by atoms with Gasteiger partial charge in [0.25, 0.3) is 0 Å². The molecule has 0 aromatic heterocycles. The van der Waals surface area contributed by atoms with E-state index < -0.39 is 12.1 Å². The van der Waals surface area contributed by atoms with Crippen molar-refractivity contribution in [2.45, 2.75) is 50.4 Å². The molecule has 178 valence electrons. The lowest BCUT2D eigenvalue weighted by atomic mass is 9.84. The number of rotatable bonds is 4. The Balaban J connectivity index is 0.000000360. The first-order valence-corrected chi connectivity index (χ1v) is 10.7. The maximum atomic E-state index is 13.5. The van der Waals surface area contributed by atoms with Gasteiger partial charge in [0.05, 0.1) is 6.61 Å². The molecule has 1 aromatic rings. The molecule has 3 fully saturated rings. The summed E-state index contributed by atoms with van der Waals surface area (Å²) in [4.78, 5) is 26.0. The molecule has 3 aliphatic rings. The van der Waals surface area contributed by atoms with E-state index in [-0.39, 0.29) is 17.3 Å². The van der Waals surface area contributed by atoms with E-state index >= 15 is 0 Å². The van der Waals surface area contributed by atoms with Gasteiger partial charge in [-0.1, -0.05) is 12.1 Å². The van der Waals surface area contributed by atoms with Gasteiger partial charge in [-0.25, -0.2) is 9.18 Å². The fourth-order valence-electron chi connectivity index (χ4n) is 4.71. The number of carbonyl (C=O) groups excluding carboxylic acids is 1. The van der Waals surface area contributed by atoms with Crippen LogP contribution in [-0.2, 0) is 20.9 Å². The van der Waals surface area contributed by atoms with Gasteiger partial charge in [0.2, 0.25) is 5.91 Å². The van der Waals surface area contributed by atoms with E-state index in [9.17, 15) is 22.4 Å². The number of alkyl halides is 3. The molecule has 32 heavy (non-hydrogen) atoms. The second-order valence-electron chi connectivity index (χ2n) is 8.67. The van der Waals surface area contributed by atoms with Crippen molar-refractivity contribution in [2.24, 2.45) is 5.92 Å². The van der Waals surface area contributed by atoms with Crippen molar-refractivity contribution >= 4 is 11.9 Å². The van der Waals surface area contributed by atoms with Crippen LogP contribution < -0.4 is 0 Å². The lowest BCUT2D eigenvalue weighted by molar-refractivity contribution is -0.192. The van der Waals surface area contributed by atoms with Crippen molar-refractivity contribution in [3.05, 3.63) is 35.6 Å². The average molecular weight is 460 g/mol. The zero-order chi connectivity index (χ0) is 23.4.